The molecule has 0 aliphatic heterocycles. The average molecular weight is 287 g/mol. The van der Waals surface area contributed by atoms with Crippen molar-refractivity contribution in [1.82, 2.24) is 0 Å². The third-order valence-corrected chi connectivity index (χ3v) is 3.04. The van der Waals surface area contributed by atoms with Gasteiger partial charge in [-0.3, -0.25) is 4.79 Å². The van der Waals surface area contributed by atoms with Gasteiger partial charge in [0.2, 0.25) is 5.91 Å². The number of anilines is 1. The van der Waals surface area contributed by atoms with Crippen molar-refractivity contribution in [1.29, 1.82) is 0 Å². The van der Waals surface area contributed by atoms with Gasteiger partial charge in [0.15, 0.2) is 0 Å². The Balaban J connectivity index is 1.76. The van der Waals surface area contributed by atoms with Crippen LogP contribution < -0.4 is 10.1 Å². The van der Waals surface area contributed by atoms with E-state index in [0.717, 1.165) is 12.2 Å². The van der Waals surface area contributed by atoms with Crippen molar-refractivity contribution in [2.45, 2.75) is 19.8 Å². The fraction of sp³-hybridized carbons (Fsp3) is 0.235. The Kier molecular flexibility index (Phi) is 5.32. The van der Waals surface area contributed by atoms with Gasteiger partial charge in [0.05, 0.1) is 13.0 Å². The Bertz CT molecular complexity index is 596. The highest BCUT2D eigenvalue weighted by Gasteiger charge is 2.04. The molecule has 3 nitrogen and oxygen atoms in total. The minimum Gasteiger partial charge on any atom is -0.493 e. The van der Waals surface area contributed by atoms with Crippen LogP contribution in [0.15, 0.2) is 48.5 Å². The van der Waals surface area contributed by atoms with Gasteiger partial charge in [-0.15, -0.1) is 0 Å². The van der Waals surface area contributed by atoms with Crippen molar-refractivity contribution in [3.63, 3.8) is 0 Å². The molecule has 110 valence electrons. The summed E-state index contributed by atoms with van der Waals surface area (Å²) < 4.78 is 18.5. The Morgan fingerprint density at radius 1 is 1.19 bits per heavy atom. The molecule has 2 aromatic rings. The lowest BCUT2D eigenvalue weighted by atomic mass is 10.2. The van der Waals surface area contributed by atoms with Crippen molar-refractivity contribution < 1.29 is 13.9 Å². The Morgan fingerprint density at radius 3 is 2.62 bits per heavy atom. The van der Waals surface area contributed by atoms with Gasteiger partial charge < -0.3 is 10.1 Å². The quantitative estimate of drug-likeness (QED) is 0.877. The smallest absolute Gasteiger partial charge is 0.227 e. The first-order chi connectivity index (χ1) is 10.2. The molecule has 0 bridgehead atoms. The van der Waals surface area contributed by atoms with E-state index in [9.17, 15) is 9.18 Å². The van der Waals surface area contributed by atoms with Crippen LogP contribution in [0.4, 0.5) is 10.1 Å². The van der Waals surface area contributed by atoms with Crippen molar-refractivity contribution in [2.75, 3.05) is 11.9 Å². The van der Waals surface area contributed by atoms with E-state index in [1.165, 1.54) is 17.7 Å². The number of halogens is 1. The van der Waals surface area contributed by atoms with Crippen LogP contribution in [0.2, 0.25) is 0 Å². The molecular weight excluding hydrogens is 269 g/mol. The number of hydrogen-bond donors (Lipinski definition) is 1. The molecule has 0 saturated carbocycles. The molecule has 0 aromatic heterocycles. The topological polar surface area (TPSA) is 38.3 Å². The highest BCUT2D eigenvalue weighted by atomic mass is 19.1. The second-order valence-corrected chi connectivity index (χ2v) is 4.65. The monoisotopic (exact) mass is 287 g/mol. The number of amides is 1. The lowest BCUT2D eigenvalue weighted by Gasteiger charge is -2.08. The second-order valence-electron chi connectivity index (χ2n) is 4.65. The zero-order valence-electron chi connectivity index (χ0n) is 11.9. The van der Waals surface area contributed by atoms with Crippen molar-refractivity contribution in [3.8, 4) is 5.75 Å². The maximum atomic E-state index is 13.0. The van der Waals surface area contributed by atoms with E-state index < -0.39 is 0 Å². The normalized spacial score (nSPS) is 10.2. The fourth-order valence-corrected chi connectivity index (χ4v) is 1.87. The van der Waals surface area contributed by atoms with Gasteiger partial charge in [0.25, 0.3) is 0 Å². The number of ether oxygens (including phenoxy) is 1. The van der Waals surface area contributed by atoms with Gasteiger partial charge >= 0.3 is 0 Å². The number of carbonyl (C=O) groups is 1. The maximum absolute atomic E-state index is 13.0. The second kappa shape index (κ2) is 7.43. The van der Waals surface area contributed by atoms with Gasteiger partial charge in [0.1, 0.15) is 11.6 Å². The zero-order valence-corrected chi connectivity index (χ0v) is 11.9. The zero-order chi connectivity index (χ0) is 15.1. The summed E-state index contributed by atoms with van der Waals surface area (Å²) in [6.07, 6.45) is 1.20. The molecule has 4 heteroatoms. The van der Waals surface area contributed by atoms with Crippen molar-refractivity contribution >= 4 is 11.6 Å². The first kappa shape index (κ1) is 15.0. The SMILES string of the molecule is CCc1ccc(OCCC(=O)Nc2cccc(F)c2)cc1. The van der Waals surface area contributed by atoms with E-state index in [1.807, 2.05) is 24.3 Å². The Morgan fingerprint density at radius 2 is 1.95 bits per heavy atom. The Hall–Kier alpha value is -2.36. The van der Waals surface area contributed by atoms with Gasteiger partial charge in [-0.05, 0) is 42.3 Å². The predicted octanol–water partition coefficient (Wildman–Crippen LogP) is 3.80. The predicted molar refractivity (Wildman–Crippen MR) is 81.0 cm³/mol. The molecule has 0 unspecified atom stereocenters. The number of aryl methyl sites for hydroxylation is 1. The van der Waals surface area contributed by atoms with Gasteiger partial charge in [-0.1, -0.05) is 25.1 Å². The van der Waals surface area contributed by atoms with Crippen LogP contribution in [0.5, 0.6) is 5.75 Å². The number of hydrogen-bond acceptors (Lipinski definition) is 2. The number of carbonyl (C=O) groups excluding carboxylic acids is 1. The van der Waals surface area contributed by atoms with Crippen LogP contribution in [0.3, 0.4) is 0 Å². The van der Waals surface area contributed by atoms with Crippen molar-refractivity contribution in [2.24, 2.45) is 0 Å². The molecule has 0 atom stereocenters. The highest BCUT2D eigenvalue weighted by Crippen LogP contribution is 2.13. The molecule has 1 N–H and O–H groups in total. The van der Waals surface area contributed by atoms with Gasteiger partial charge in [-0.2, -0.15) is 0 Å². The van der Waals surface area contributed by atoms with Crippen LogP contribution >= 0.6 is 0 Å². The highest BCUT2D eigenvalue weighted by molar-refractivity contribution is 5.90. The molecule has 0 radical (unpaired) electrons. The average Bonchev–Trinajstić information content (AvgIpc) is 2.48. The molecule has 1 amide bonds. The number of rotatable bonds is 6. The summed E-state index contributed by atoms with van der Waals surface area (Å²) in [7, 11) is 0. The molecule has 0 aliphatic carbocycles. The van der Waals surface area contributed by atoms with Crippen LogP contribution in [-0.2, 0) is 11.2 Å². The van der Waals surface area contributed by atoms with Crippen LogP contribution in [-0.4, -0.2) is 12.5 Å². The minimum atomic E-state index is -0.375. The van der Waals surface area contributed by atoms with E-state index in [4.69, 9.17) is 4.74 Å². The van der Waals surface area contributed by atoms with E-state index in [1.54, 1.807) is 12.1 Å². The van der Waals surface area contributed by atoms with Gasteiger partial charge in [0, 0.05) is 5.69 Å². The number of nitrogens with one attached hydrogen (secondary N) is 1. The Labute approximate surface area is 123 Å². The molecule has 0 aliphatic rings. The van der Waals surface area contributed by atoms with Crippen LogP contribution in [0.25, 0.3) is 0 Å². The first-order valence-corrected chi connectivity index (χ1v) is 6.94. The van der Waals surface area contributed by atoms with E-state index in [2.05, 4.69) is 12.2 Å². The number of benzene rings is 2. The standard InChI is InChI=1S/C17H18FNO2/c1-2-13-6-8-16(9-7-13)21-11-10-17(20)19-15-5-3-4-14(18)12-15/h3-9,12H,2,10-11H2,1H3,(H,19,20). The summed E-state index contributed by atoms with van der Waals surface area (Å²) in [5.74, 6) is 0.164. The lowest BCUT2D eigenvalue weighted by molar-refractivity contribution is -0.116. The largest absolute Gasteiger partial charge is 0.493 e. The fourth-order valence-electron chi connectivity index (χ4n) is 1.87. The summed E-state index contributed by atoms with van der Waals surface area (Å²) >= 11 is 0. The van der Waals surface area contributed by atoms with Crippen LogP contribution in [0.1, 0.15) is 18.9 Å². The molecule has 2 aromatic carbocycles. The molecule has 21 heavy (non-hydrogen) atoms. The third-order valence-electron chi connectivity index (χ3n) is 3.04. The van der Waals surface area contributed by atoms with Crippen molar-refractivity contribution in [3.05, 3.63) is 59.9 Å². The summed E-state index contributed by atoms with van der Waals surface area (Å²) in [5, 5.41) is 2.63. The first-order valence-electron chi connectivity index (χ1n) is 6.94. The summed E-state index contributed by atoms with van der Waals surface area (Å²) in [6, 6.07) is 13.6. The lowest BCUT2D eigenvalue weighted by Crippen LogP contribution is -2.15. The van der Waals surface area contributed by atoms with E-state index >= 15 is 0 Å². The summed E-state index contributed by atoms with van der Waals surface area (Å²) in [6.45, 7) is 2.37. The van der Waals surface area contributed by atoms with E-state index in [0.29, 0.717) is 5.69 Å². The molecule has 0 saturated heterocycles. The summed E-state index contributed by atoms with van der Waals surface area (Å²) in [4.78, 5) is 11.7. The molecular formula is C17H18FNO2. The molecule has 2 rings (SSSR count). The maximum Gasteiger partial charge on any atom is 0.227 e. The van der Waals surface area contributed by atoms with E-state index in [-0.39, 0.29) is 24.8 Å². The molecule has 0 fully saturated rings. The molecule has 0 spiro atoms. The van der Waals surface area contributed by atoms with Crippen LogP contribution in [0, 0.1) is 5.82 Å². The molecule has 0 heterocycles. The third kappa shape index (κ3) is 4.91. The minimum absolute atomic E-state index is 0.203. The summed E-state index contributed by atoms with van der Waals surface area (Å²) in [5.41, 5.74) is 1.69. The van der Waals surface area contributed by atoms with Gasteiger partial charge in [-0.25, -0.2) is 4.39 Å².